The van der Waals surface area contributed by atoms with Crippen LogP contribution in [0.1, 0.15) is 63.0 Å². The number of hydrogen-bond acceptors (Lipinski definition) is 2. The Morgan fingerprint density at radius 3 is 1.56 bits per heavy atom. The van der Waals surface area contributed by atoms with Crippen molar-refractivity contribution < 1.29 is 9.90 Å². The highest BCUT2D eigenvalue weighted by molar-refractivity contribution is 5.89. The van der Waals surface area contributed by atoms with Crippen LogP contribution >= 0.6 is 0 Å². The minimum Gasteiger partial charge on any atom is -0.478 e. The molecule has 0 fully saturated rings. The van der Waals surface area contributed by atoms with Gasteiger partial charge in [-0.25, -0.2) is 4.79 Å². The molecule has 0 spiro atoms. The summed E-state index contributed by atoms with van der Waals surface area (Å²) in [5.74, 6) is -0.911. The first-order chi connectivity index (χ1) is 7.94. The molecular weight excluding hydrogens is 226 g/mol. The number of carbonyl (C=O) groups is 1. The van der Waals surface area contributed by atoms with Crippen molar-refractivity contribution in [3.05, 3.63) is 28.8 Å². The number of anilines is 1. The molecule has 0 saturated carbocycles. The Kier molecular flexibility index (Phi) is 3.48. The van der Waals surface area contributed by atoms with Crippen LogP contribution in [-0.4, -0.2) is 11.1 Å². The van der Waals surface area contributed by atoms with E-state index in [1.54, 1.807) is 12.1 Å². The number of rotatable bonds is 1. The zero-order valence-corrected chi connectivity index (χ0v) is 12.1. The van der Waals surface area contributed by atoms with Gasteiger partial charge < -0.3 is 10.8 Å². The first-order valence-corrected chi connectivity index (χ1v) is 6.12. The van der Waals surface area contributed by atoms with Crippen molar-refractivity contribution in [3.8, 4) is 0 Å². The van der Waals surface area contributed by atoms with Gasteiger partial charge in [-0.05, 0) is 34.1 Å². The van der Waals surface area contributed by atoms with Crippen molar-refractivity contribution in [2.45, 2.75) is 52.4 Å². The van der Waals surface area contributed by atoms with E-state index >= 15 is 0 Å². The van der Waals surface area contributed by atoms with Gasteiger partial charge in [0, 0.05) is 5.69 Å². The molecule has 3 N–H and O–H groups in total. The smallest absolute Gasteiger partial charge is 0.335 e. The lowest BCUT2D eigenvalue weighted by molar-refractivity contribution is 0.0696. The van der Waals surface area contributed by atoms with E-state index in [9.17, 15) is 9.90 Å². The third-order valence-corrected chi connectivity index (χ3v) is 3.04. The van der Waals surface area contributed by atoms with Crippen LogP contribution in [0.5, 0.6) is 0 Å². The molecule has 3 nitrogen and oxygen atoms in total. The molecule has 18 heavy (non-hydrogen) atoms. The summed E-state index contributed by atoms with van der Waals surface area (Å²) in [5, 5.41) is 9.22. The average molecular weight is 249 g/mol. The lowest BCUT2D eigenvalue weighted by Gasteiger charge is -2.28. The minimum atomic E-state index is -0.911. The van der Waals surface area contributed by atoms with E-state index < -0.39 is 5.97 Å². The molecule has 100 valence electrons. The Hall–Kier alpha value is -1.51. The summed E-state index contributed by atoms with van der Waals surface area (Å²) in [7, 11) is 0. The molecule has 1 aromatic carbocycles. The van der Waals surface area contributed by atoms with Crippen LogP contribution in [0.25, 0.3) is 0 Å². The molecule has 0 aliphatic carbocycles. The van der Waals surface area contributed by atoms with Crippen molar-refractivity contribution in [2.75, 3.05) is 5.73 Å². The Balaban J connectivity index is 3.64. The van der Waals surface area contributed by atoms with Gasteiger partial charge in [-0.2, -0.15) is 0 Å². The van der Waals surface area contributed by atoms with Crippen LogP contribution < -0.4 is 5.73 Å². The number of carboxylic acids is 1. The normalized spacial score (nSPS) is 12.6. The maximum Gasteiger partial charge on any atom is 0.335 e. The molecule has 0 heterocycles. The van der Waals surface area contributed by atoms with Gasteiger partial charge >= 0.3 is 5.97 Å². The quantitative estimate of drug-likeness (QED) is 0.748. The Labute approximate surface area is 109 Å². The number of nitrogens with two attached hydrogens (primary N) is 1. The van der Waals surface area contributed by atoms with Crippen LogP contribution in [0.3, 0.4) is 0 Å². The zero-order valence-electron chi connectivity index (χ0n) is 12.1. The maximum absolute atomic E-state index is 11.2. The Bertz CT molecular complexity index is 441. The average Bonchev–Trinajstić information content (AvgIpc) is 2.13. The van der Waals surface area contributed by atoms with Gasteiger partial charge in [0.1, 0.15) is 0 Å². The number of benzene rings is 1. The lowest BCUT2D eigenvalue weighted by Crippen LogP contribution is -2.21. The monoisotopic (exact) mass is 249 g/mol. The predicted octanol–water partition coefficient (Wildman–Crippen LogP) is 3.56. The summed E-state index contributed by atoms with van der Waals surface area (Å²) in [6, 6.07) is 3.37. The van der Waals surface area contributed by atoms with Gasteiger partial charge in [-0.3, -0.25) is 0 Å². The molecule has 0 aromatic heterocycles. The summed E-state index contributed by atoms with van der Waals surface area (Å²) < 4.78 is 0. The van der Waals surface area contributed by atoms with E-state index in [1.165, 1.54) is 0 Å². The number of carboxylic acid groups (broad SMARTS) is 1. The van der Waals surface area contributed by atoms with Crippen molar-refractivity contribution in [2.24, 2.45) is 0 Å². The van der Waals surface area contributed by atoms with Crippen molar-refractivity contribution in [1.29, 1.82) is 0 Å². The molecule has 1 rings (SSSR count). The second-order valence-corrected chi connectivity index (χ2v) is 6.79. The molecule has 0 aliphatic rings. The van der Waals surface area contributed by atoms with Crippen molar-refractivity contribution in [1.82, 2.24) is 0 Å². The summed E-state index contributed by atoms with van der Waals surface area (Å²) >= 11 is 0. The van der Waals surface area contributed by atoms with E-state index in [0.29, 0.717) is 11.3 Å². The van der Waals surface area contributed by atoms with Gasteiger partial charge in [0.05, 0.1) is 5.56 Å². The molecule has 0 unspecified atom stereocenters. The second-order valence-electron chi connectivity index (χ2n) is 6.79. The fourth-order valence-electron chi connectivity index (χ4n) is 2.02. The van der Waals surface area contributed by atoms with Crippen molar-refractivity contribution in [3.63, 3.8) is 0 Å². The zero-order chi connectivity index (χ0) is 14.3. The van der Waals surface area contributed by atoms with Crippen LogP contribution in [0.4, 0.5) is 5.69 Å². The molecule has 0 radical (unpaired) electrons. The second kappa shape index (κ2) is 4.30. The molecule has 0 bridgehead atoms. The van der Waals surface area contributed by atoms with Crippen LogP contribution in [0, 0.1) is 0 Å². The first-order valence-electron chi connectivity index (χ1n) is 6.12. The van der Waals surface area contributed by atoms with Crippen LogP contribution in [0.2, 0.25) is 0 Å². The van der Waals surface area contributed by atoms with Crippen LogP contribution in [0.15, 0.2) is 12.1 Å². The van der Waals surface area contributed by atoms with Gasteiger partial charge in [0.15, 0.2) is 0 Å². The standard InChI is InChI=1S/C15H23NO2/c1-14(2,3)10-7-9(13(17)18)8-11(12(10)16)15(4,5)6/h7-8H,16H2,1-6H3,(H,17,18). The highest BCUT2D eigenvalue weighted by atomic mass is 16.4. The fraction of sp³-hybridized carbons (Fsp3) is 0.533. The van der Waals surface area contributed by atoms with E-state index in [1.807, 2.05) is 41.5 Å². The van der Waals surface area contributed by atoms with Crippen molar-refractivity contribution >= 4 is 11.7 Å². The summed E-state index contributed by atoms with van der Waals surface area (Å²) in [6.45, 7) is 12.2. The van der Waals surface area contributed by atoms with Gasteiger partial charge in [0.25, 0.3) is 0 Å². The topological polar surface area (TPSA) is 63.3 Å². The minimum absolute atomic E-state index is 0.171. The van der Waals surface area contributed by atoms with E-state index in [2.05, 4.69) is 0 Å². The Morgan fingerprint density at radius 2 is 1.33 bits per heavy atom. The van der Waals surface area contributed by atoms with Gasteiger partial charge in [-0.15, -0.1) is 0 Å². The number of aromatic carboxylic acids is 1. The molecule has 1 aromatic rings. The van der Waals surface area contributed by atoms with E-state index in [0.717, 1.165) is 11.1 Å². The molecular formula is C15H23NO2. The first kappa shape index (κ1) is 14.6. The highest BCUT2D eigenvalue weighted by Gasteiger charge is 2.26. The SMILES string of the molecule is CC(C)(C)c1cc(C(=O)O)cc(C(C)(C)C)c1N. The summed E-state index contributed by atoms with van der Waals surface area (Å²) in [5.41, 5.74) is 8.69. The fourth-order valence-corrected chi connectivity index (χ4v) is 2.02. The van der Waals surface area contributed by atoms with E-state index in [4.69, 9.17) is 5.73 Å². The third kappa shape index (κ3) is 2.84. The predicted molar refractivity (Wildman–Crippen MR) is 75.2 cm³/mol. The molecule has 0 amide bonds. The summed E-state index contributed by atoms with van der Waals surface area (Å²) in [4.78, 5) is 11.2. The molecule has 0 aliphatic heterocycles. The van der Waals surface area contributed by atoms with Gasteiger partial charge in [-0.1, -0.05) is 41.5 Å². The number of hydrogen-bond donors (Lipinski definition) is 2. The largest absolute Gasteiger partial charge is 0.478 e. The maximum atomic E-state index is 11.2. The third-order valence-electron chi connectivity index (χ3n) is 3.04. The van der Waals surface area contributed by atoms with Crippen LogP contribution in [-0.2, 0) is 10.8 Å². The molecule has 0 saturated heterocycles. The number of nitrogen functional groups attached to an aromatic ring is 1. The Morgan fingerprint density at radius 1 is 1.00 bits per heavy atom. The molecule has 3 heteroatoms. The van der Waals surface area contributed by atoms with Gasteiger partial charge in [0.2, 0.25) is 0 Å². The highest BCUT2D eigenvalue weighted by Crippen LogP contribution is 2.36. The molecule has 0 atom stereocenters. The van der Waals surface area contributed by atoms with E-state index in [-0.39, 0.29) is 10.8 Å². The summed E-state index contributed by atoms with van der Waals surface area (Å²) in [6.07, 6.45) is 0. The lowest BCUT2D eigenvalue weighted by atomic mass is 9.78.